The van der Waals surface area contributed by atoms with E-state index in [4.69, 9.17) is 9.47 Å². The molecule has 0 radical (unpaired) electrons. The quantitative estimate of drug-likeness (QED) is 0.342. The number of rotatable bonds is 11. The molecule has 2 aliphatic heterocycles. The summed E-state index contributed by atoms with van der Waals surface area (Å²) in [6.45, 7) is 0.895. The van der Waals surface area contributed by atoms with E-state index in [1.165, 1.54) is 23.5 Å². The molecular weight excluding hydrogens is 591 g/mol. The molecule has 0 aromatic heterocycles. The molecule has 4 rings (SSSR count). The highest BCUT2D eigenvalue weighted by Crippen LogP contribution is 2.37. The largest absolute Gasteiger partial charge is 0.573 e. The number of piperidine rings is 1. The third-order valence-corrected chi connectivity index (χ3v) is 10.3. The summed E-state index contributed by atoms with van der Waals surface area (Å²) < 4.78 is 106. The molecule has 228 valence electrons. The van der Waals surface area contributed by atoms with Crippen LogP contribution in [0.3, 0.4) is 0 Å². The van der Waals surface area contributed by atoms with Crippen molar-refractivity contribution in [3.63, 3.8) is 0 Å². The van der Waals surface area contributed by atoms with E-state index in [0.717, 1.165) is 24.3 Å². The molecule has 2 atom stereocenters. The number of benzene rings is 2. The van der Waals surface area contributed by atoms with E-state index < -0.39 is 43.9 Å². The number of hydrogen-bond acceptors (Lipinski definition) is 9. The zero-order chi connectivity index (χ0) is 29.9. The van der Waals surface area contributed by atoms with Crippen molar-refractivity contribution in [3.8, 4) is 11.5 Å². The van der Waals surface area contributed by atoms with Crippen LogP contribution in [0.2, 0.25) is 0 Å². The molecule has 2 aromatic carbocycles. The van der Waals surface area contributed by atoms with Crippen LogP contribution in [0.1, 0.15) is 19.3 Å². The van der Waals surface area contributed by atoms with E-state index in [9.17, 15) is 35.1 Å². The van der Waals surface area contributed by atoms with Gasteiger partial charge < -0.3 is 24.6 Å². The predicted molar refractivity (Wildman–Crippen MR) is 140 cm³/mol. The second-order valence-corrected chi connectivity index (χ2v) is 13.7. The van der Waals surface area contributed by atoms with Gasteiger partial charge in [0.1, 0.15) is 24.2 Å². The second-order valence-electron chi connectivity index (χ2n) is 9.87. The molecule has 2 fully saturated rings. The Hall–Kier alpha value is -2.47. The second kappa shape index (κ2) is 12.4. The van der Waals surface area contributed by atoms with Crippen LogP contribution in [0.5, 0.6) is 11.5 Å². The van der Waals surface area contributed by atoms with E-state index >= 15 is 0 Å². The van der Waals surface area contributed by atoms with Crippen molar-refractivity contribution in [1.82, 2.24) is 14.3 Å². The Labute approximate surface area is 236 Å². The average Bonchev–Trinajstić information content (AvgIpc) is 3.32. The lowest BCUT2D eigenvalue weighted by Gasteiger charge is -2.38. The number of aliphatic hydroxyl groups is 1. The van der Waals surface area contributed by atoms with Crippen molar-refractivity contribution >= 4 is 20.0 Å². The van der Waals surface area contributed by atoms with Gasteiger partial charge in [-0.15, -0.1) is 13.2 Å². The van der Waals surface area contributed by atoms with Crippen molar-refractivity contribution < 1.29 is 49.3 Å². The van der Waals surface area contributed by atoms with Crippen LogP contribution in [-0.4, -0.2) is 90.3 Å². The summed E-state index contributed by atoms with van der Waals surface area (Å²) in [5.74, 6) is -0.200. The number of sulfonamides is 2. The van der Waals surface area contributed by atoms with Gasteiger partial charge in [-0.25, -0.2) is 21.6 Å². The summed E-state index contributed by atoms with van der Waals surface area (Å²) in [4.78, 5) is -0.0766. The minimum absolute atomic E-state index is 0.0470. The van der Waals surface area contributed by atoms with Gasteiger partial charge in [0.2, 0.25) is 20.0 Å². The van der Waals surface area contributed by atoms with Gasteiger partial charge in [-0.05, 0) is 62.7 Å². The van der Waals surface area contributed by atoms with E-state index in [2.05, 4.69) is 14.8 Å². The van der Waals surface area contributed by atoms with Gasteiger partial charge >= 0.3 is 6.36 Å². The first-order chi connectivity index (χ1) is 19.2. The van der Waals surface area contributed by atoms with Crippen LogP contribution in [0.15, 0.2) is 58.3 Å². The summed E-state index contributed by atoms with van der Waals surface area (Å²) >= 11 is 0. The molecular formula is C25H32F3N3O8S2. The van der Waals surface area contributed by atoms with Crippen molar-refractivity contribution in [2.75, 3.05) is 39.9 Å². The minimum Gasteiger partial charge on any atom is -0.491 e. The molecule has 16 heteroatoms. The Morgan fingerprint density at radius 2 is 1.76 bits per heavy atom. The maximum absolute atomic E-state index is 13.0. The fourth-order valence-electron chi connectivity index (χ4n) is 4.82. The number of halogens is 3. The molecule has 3 N–H and O–H groups in total. The fourth-order valence-corrected chi connectivity index (χ4v) is 7.03. The van der Waals surface area contributed by atoms with Crippen LogP contribution in [0, 0.1) is 0 Å². The molecule has 11 nitrogen and oxygen atoms in total. The van der Waals surface area contributed by atoms with Crippen LogP contribution in [0.4, 0.5) is 13.2 Å². The number of nitrogens with one attached hydrogen (secondary N) is 2. The number of ether oxygens (including phenoxy) is 3. The maximum atomic E-state index is 13.0. The Kier molecular flexibility index (Phi) is 9.52. The fraction of sp³-hybridized carbons (Fsp3) is 0.520. The molecule has 2 unspecified atom stereocenters. The lowest BCUT2D eigenvalue weighted by atomic mass is 9.88. The third kappa shape index (κ3) is 8.09. The molecule has 0 aliphatic carbocycles. The lowest BCUT2D eigenvalue weighted by molar-refractivity contribution is -0.274. The molecule has 0 bridgehead atoms. The molecule has 0 amide bonds. The van der Waals surface area contributed by atoms with Crippen LogP contribution in [-0.2, 0) is 24.8 Å². The smallest absolute Gasteiger partial charge is 0.491 e. The predicted octanol–water partition coefficient (Wildman–Crippen LogP) is 1.83. The Morgan fingerprint density at radius 3 is 2.39 bits per heavy atom. The summed E-state index contributed by atoms with van der Waals surface area (Å²) in [6.07, 6.45) is -4.25. The summed E-state index contributed by atoms with van der Waals surface area (Å²) in [5, 5.41) is 13.6. The van der Waals surface area contributed by atoms with Crippen LogP contribution < -0.4 is 19.5 Å². The van der Waals surface area contributed by atoms with E-state index in [-0.39, 0.29) is 42.1 Å². The monoisotopic (exact) mass is 623 g/mol. The first kappa shape index (κ1) is 31.5. The first-order valence-corrected chi connectivity index (χ1v) is 15.7. The highest BCUT2D eigenvalue weighted by Gasteiger charge is 2.44. The van der Waals surface area contributed by atoms with Crippen molar-refractivity contribution in [2.45, 2.75) is 53.2 Å². The van der Waals surface area contributed by atoms with Crippen molar-refractivity contribution in [2.24, 2.45) is 0 Å². The SMILES string of the molecule is CNS(=O)(=O)c1cccc(OCC(O)CNC2COC3(CCN(S(=O)(=O)c4ccc(OC(F)(F)F)cc4)CC3)C2)c1. The van der Waals surface area contributed by atoms with Gasteiger partial charge in [-0.1, -0.05) is 6.07 Å². The van der Waals surface area contributed by atoms with Gasteiger partial charge in [0.15, 0.2) is 0 Å². The summed E-state index contributed by atoms with van der Waals surface area (Å²) in [7, 11) is -6.22. The van der Waals surface area contributed by atoms with Gasteiger partial charge in [-0.2, -0.15) is 4.31 Å². The van der Waals surface area contributed by atoms with E-state index in [1.807, 2.05) is 0 Å². The van der Waals surface area contributed by atoms with Gasteiger partial charge in [0.25, 0.3) is 0 Å². The zero-order valence-electron chi connectivity index (χ0n) is 22.1. The van der Waals surface area contributed by atoms with Crippen molar-refractivity contribution in [1.29, 1.82) is 0 Å². The lowest BCUT2D eigenvalue weighted by Crippen LogP contribution is -2.47. The number of hydrogen-bond donors (Lipinski definition) is 3. The molecule has 0 saturated carbocycles. The zero-order valence-corrected chi connectivity index (χ0v) is 23.8. The van der Waals surface area contributed by atoms with Gasteiger partial charge in [-0.3, -0.25) is 0 Å². The Balaban J connectivity index is 1.22. The molecule has 1 spiro atoms. The Bertz CT molecular complexity index is 1400. The summed E-state index contributed by atoms with van der Waals surface area (Å²) in [6, 6.07) is 9.96. The van der Waals surface area contributed by atoms with Gasteiger partial charge in [0.05, 0.1) is 22.0 Å². The molecule has 2 aromatic rings. The normalized spacial score (nSPS) is 20.7. The highest BCUT2D eigenvalue weighted by molar-refractivity contribution is 7.89. The topological polar surface area (TPSA) is 144 Å². The standard InChI is InChI=1S/C25H32F3N3O8S2/c1-29-40(33,34)23-4-2-3-21(13-23)37-17-19(32)15-30-18-14-24(38-16-18)9-11-31(12-10-24)41(35,36)22-7-5-20(6-8-22)39-25(26,27)28/h2-8,13,18-19,29-30,32H,9-12,14-17H2,1H3. The average molecular weight is 624 g/mol. The van der Waals surface area contributed by atoms with Crippen LogP contribution >= 0.6 is 0 Å². The minimum atomic E-state index is -4.87. The van der Waals surface area contributed by atoms with Crippen LogP contribution in [0.25, 0.3) is 0 Å². The molecule has 2 saturated heterocycles. The number of aliphatic hydroxyl groups excluding tert-OH is 1. The maximum Gasteiger partial charge on any atom is 0.573 e. The van der Waals surface area contributed by atoms with Gasteiger partial charge in [0, 0.05) is 31.7 Å². The number of alkyl halides is 3. The Morgan fingerprint density at radius 1 is 1.07 bits per heavy atom. The van der Waals surface area contributed by atoms with E-state index in [0.29, 0.717) is 31.6 Å². The number of nitrogens with zero attached hydrogens (tertiary/aromatic N) is 1. The van der Waals surface area contributed by atoms with E-state index in [1.54, 1.807) is 12.1 Å². The summed E-state index contributed by atoms with van der Waals surface area (Å²) in [5.41, 5.74) is -0.519. The molecule has 2 aliphatic rings. The third-order valence-electron chi connectivity index (χ3n) is 7.01. The highest BCUT2D eigenvalue weighted by atomic mass is 32.2. The molecule has 2 heterocycles. The molecule has 41 heavy (non-hydrogen) atoms. The van der Waals surface area contributed by atoms with Crippen molar-refractivity contribution in [3.05, 3.63) is 48.5 Å². The first-order valence-electron chi connectivity index (χ1n) is 12.8.